The van der Waals surface area contributed by atoms with Gasteiger partial charge >= 0.3 is 0 Å². The monoisotopic (exact) mass is 352 g/mol. The number of nitrogens with one attached hydrogen (secondary N) is 1. The predicted molar refractivity (Wildman–Crippen MR) is 99.8 cm³/mol. The third-order valence-electron chi connectivity index (χ3n) is 4.11. The summed E-state index contributed by atoms with van der Waals surface area (Å²) in [6, 6.07) is 11.5. The molecule has 1 amide bonds. The molecule has 0 atom stereocenters. The zero-order chi connectivity index (χ0) is 17.6. The maximum Gasteiger partial charge on any atom is 0.293 e. The lowest BCUT2D eigenvalue weighted by molar-refractivity contribution is 0.0998. The van der Waals surface area contributed by atoms with Gasteiger partial charge in [-0.25, -0.2) is 4.98 Å². The predicted octanol–water partition coefficient (Wildman–Crippen LogP) is 4.92. The van der Waals surface area contributed by atoms with Gasteiger partial charge in [0.2, 0.25) is 0 Å². The molecule has 0 saturated heterocycles. The fourth-order valence-electron chi connectivity index (χ4n) is 2.78. The summed E-state index contributed by atoms with van der Waals surface area (Å²) in [6.45, 7) is 3.89. The number of thiazole rings is 1. The Morgan fingerprint density at radius 1 is 1.20 bits per heavy atom. The average Bonchev–Trinajstić information content (AvgIpc) is 3.14. The van der Waals surface area contributed by atoms with Gasteiger partial charge in [-0.1, -0.05) is 17.4 Å². The van der Waals surface area contributed by atoms with E-state index in [1.807, 2.05) is 38.1 Å². The van der Waals surface area contributed by atoms with Crippen molar-refractivity contribution in [1.82, 2.24) is 4.98 Å². The number of amides is 1. The van der Waals surface area contributed by atoms with Gasteiger partial charge in [-0.15, -0.1) is 0 Å². The van der Waals surface area contributed by atoms with Gasteiger partial charge in [0.05, 0.1) is 17.3 Å². The summed E-state index contributed by atoms with van der Waals surface area (Å²) in [5.41, 5.74) is 3.47. The summed E-state index contributed by atoms with van der Waals surface area (Å²) >= 11 is 1.45. The summed E-state index contributed by atoms with van der Waals surface area (Å²) in [4.78, 5) is 17.1. The molecule has 5 nitrogen and oxygen atoms in total. The van der Waals surface area contributed by atoms with E-state index in [0.717, 1.165) is 32.5 Å². The third kappa shape index (κ3) is 2.74. The number of benzene rings is 2. The highest BCUT2D eigenvalue weighted by molar-refractivity contribution is 7.22. The van der Waals surface area contributed by atoms with Crippen LogP contribution in [0.3, 0.4) is 0 Å². The highest BCUT2D eigenvalue weighted by atomic mass is 32.1. The lowest BCUT2D eigenvalue weighted by atomic mass is 10.1. The normalized spacial score (nSPS) is 11.2. The van der Waals surface area contributed by atoms with Crippen molar-refractivity contribution in [3.63, 3.8) is 0 Å². The van der Waals surface area contributed by atoms with Crippen LogP contribution >= 0.6 is 11.3 Å². The SMILES string of the molecule is COc1ccc2oc(C(=O)Nc3nc4ccc(C)cc4s3)c(C)c2c1. The number of carbonyl (C=O) groups is 1. The molecular weight excluding hydrogens is 336 g/mol. The van der Waals surface area contributed by atoms with Crippen LogP contribution in [0.15, 0.2) is 40.8 Å². The van der Waals surface area contributed by atoms with E-state index in [4.69, 9.17) is 9.15 Å². The number of anilines is 1. The molecule has 0 spiro atoms. The van der Waals surface area contributed by atoms with Gasteiger partial charge in [0, 0.05) is 10.9 Å². The van der Waals surface area contributed by atoms with Gasteiger partial charge in [-0.3, -0.25) is 10.1 Å². The first-order chi connectivity index (χ1) is 12.0. The fourth-order valence-corrected chi connectivity index (χ4v) is 3.74. The van der Waals surface area contributed by atoms with E-state index in [9.17, 15) is 4.79 Å². The van der Waals surface area contributed by atoms with E-state index in [1.54, 1.807) is 13.2 Å². The van der Waals surface area contributed by atoms with Crippen LogP contribution in [0, 0.1) is 13.8 Å². The molecule has 2 aromatic heterocycles. The van der Waals surface area contributed by atoms with Crippen LogP contribution in [-0.2, 0) is 0 Å². The van der Waals surface area contributed by atoms with E-state index in [0.29, 0.717) is 16.5 Å². The Morgan fingerprint density at radius 3 is 2.84 bits per heavy atom. The molecule has 0 aliphatic carbocycles. The molecule has 25 heavy (non-hydrogen) atoms. The molecule has 6 heteroatoms. The second-order valence-electron chi connectivity index (χ2n) is 5.86. The minimum absolute atomic E-state index is 0.290. The zero-order valence-corrected chi connectivity index (χ0v) is 14.9. The number of rotatable bonds is 3. The topological polar surface area (TPSA) is 64.4 Å². The van der Waals surface area contributed by atoms with Crippen molar-refractivity contribution < 1.29 is 13.9 Å². The van der Waals surface area contributed by atoms with E-state index < -0.39 is 0 Å². The molecule has 0 aliphatic rings. The standard InChI is InChI=1S/C19H16N2O3S/c1-10-4-6-14-16(8-10)25-19(20-14)21-18(22)17-11(2)13-9-12(23-3)5-7-15(13)24-17/h4-9H,1-3H3,(H,20,21,22). The van der Waals surface area contributed by atoms with E-state index in [2.05, 4.69) is 16.4 Å². The molecule has 0 radical (unpaired) electrons. The van der Waals surface area contributed by atoms with Crippen LogP contribution < -0.4 is 10.1 Å². The Hall–Kier alpha value is -2.86. The fraction of sp³-hybridized carbons (Fsp3) is 0.158. The summed E-state index contributed by atoms with van der Waals surface area (Å²) in [5, 5.41) is 4.26. The van der Waals surface area contributed by atoms with Crippen molar-refractivity contribution in [1.29, 1.82) is 0 Å². The van der Waals surface area contributed by atoms with Crippen LogP contribution in [0.5, 0.6) is 5.75 Å². The lowest BCUT2D eigenvalue weighted by Crippen LogP contribution is -2.11. The molecule has 2 aromatic carbocycles. The molecule has 0 aliphatic heterocycles. The second kappa shape index (κ2) is 5.89. The minimum atomic E-state index is -0.302. The molecular formula is C19H16N2O3S. The molecule has 0 fully saturated rings. The Balaban J connectivity index is 1.67. The van der Waals surface area contributed by atoms with Crippen LogP contribution in [-0.4, -0.2) is 18.0 Å². The van der Waals surface area contributed by atoms with Gasteiger partial charge in [0.15, 0.2) is 10.9 Å². The van der Waals surface area contributed by atoms with Crippen LogP contribution in [0.4, 0.5) is 5.13 Å². The van der Waals surface area contributed by atoms with Gasteiger partial charge < -0.3 is 9.15 Å². The molecule has 4 rings (SSSR count). The number of carbonyl (C=O) groups excluding carboxylic acids is 1. The second-order valence-corrected chi connectivity index (χ2v) is 6.89. The van der Waals surface area contributed by atoms with Crippen molar-refractivity contribution in [3.05, 3.63) is 53.3 Å². The molecule has 0 bridgehead atoms. The summed E-state index contributed by atoms with van der Waals surface area (Å²) in [5.74, 6) is 0.715. The maximum absolute atomic E-state index is 12.6. The molecule has 0 saturated carbocycles. The largest absolute Gasteiger partial charge is 0.497 e. The van der Waals surface area contributed by atoms with Crippen molar-refractivity contribution in [2.24, 2.45) is 0 Å². The van der Waals surface area contributed by atoms with Crippen LogP contribution in [0.1, 0.15) is 21.7 Å². The number of fused-ring (bicyclic) bond motifs is 2. The minimum Gasteiger partial charge on any atom is -0.497 e. The first-order valence-electron chi connectivity index (χ1n) is 7.81. The molecule has 0 unspecified atom stereocenters. The molecule has 126 valence electrons. The van der Waals surface area contributed by atoms with Gasteiger partial charge in [0.1, 0.15) is 11.3 Å². The number of methoxy groups -OCH3 is 1. The average molecular weight is 352 g/mol. The third-order valence-corrected chi connectivity index (χ3v) is 5.05. The van der Waals surface area contributed by atoms with Gasteiger partial charge in [-0.05, 0) is 49.7 Å². The molecule has 4 aromatic rings. The summed E-state index contributed by atoms with van der Waals surface area (Å²) in [6.07, 6.45) is 0. The first kappa shape index (κ1) is 15.7. The first-order valence-corrected chi connectivity index (χ1v) is 8.62. The quantitative estimate of drug-likeness (QED) is 0.568. The Labute approximate surface area is 148 Å². The summed E-state index contributed by atoms with van der Waals surface area (Å²) in [7, 11) is 1.61. The summed E-state index contributed by atoms with van der Waals surface area (Å²) < 4.78 is 12.0. The Kier molecular flexibility index (Phi) is 3.69. The number of hydrogen-bond acceptors (Lipinski definition) is 5. The van der Waals surface area contributed by atoms with E-state index >= 15 is 0 Å². The number of ether oxygens (including phenoxy) is 1. The number of aromatic nitrogens is 1. The smallest absolute Gasteiger partial charge is 0.293 e. The van der Waals surface area contributed by atoms with Crippen molar-refractivity contribution in [2.45, 2.75) is 13.8 Å². The maximum atomic E-state index is 12.6. The molecule has 2 heterocycles. The highest BCUT2D eigenvalue weighted by Gasteiger charge is 2.19. The highest BCUT2D eigenvalue weighted by Crippen LogP contribution is 2.31. The van der Waals surface area contributed by atoms with Gasteiger partial charge in [0.25, 0.3) is 5.91 Å². The van der Waals surface area contributed by atoms with E-state index in [-0.39, 0.29) is 5.91 Å². The van der Waals surface area contributed by atoms with Crippen molar-refractivity contribution in [2.75, 3.05) is 12.4 Å². The van der Waals surface area contributed by atoms with Crippen molar-refractivity contribution >= 4 is 43.6 Å². The van der Waals surface area contributed by atoms with Crippen LogP contribution in [0.2, 0.25) is 0 Å². The number of hydrogen-bond donors (Lipinski definition) is 1. The van der Waals surface area contributed by atoms with Gasteiger partial charge in [-0.2, -0.15) is 0 Å². The Bertz CT molecular complexity index is 1110. The van der Waals surface area contributed by atoms with Crippen LogP contribution in [0.25, 0.3) is 21.2 Å². The number of nitrogens with zero attached hydrogens (tertiary/aromatic N) is 1. The van der Waals surface area contributed by atoms with Crippen molar-refractivity contribution in [3.8, 4) is 5.75 Å². The molecule has 1 N–H and O–H groups in total. The Morgan fingerprint density at radius 2 is 2.04 bits per heavy atom. The number of furan rings is 1. The van der Waals surface area contributed by atoms with E-state index in [1.165, 1.54) is 11.3 Å². The lowest BCUT2D eigenvalue weighted by Gasteiger charge is -1.99. The zero-order valence-electron chi connectivity index (χ0n) is 14.0. The number of aryl methyl sites for hydroxylation is 2.